The molecule has 0 spiro atoms. The molecule has 0 atom stereocenters. The van der Waals surface area contributed by atoms with Gasteiger partial charge in [0.2, 0.25) is 0 Å². The third kappa shape index (κ3) is 4.46. The number of unbranched alkanes of at least 4 members (excludes halogenated alkanes) is 1. The molecule has 144 valence electrons. The van der Waals surface area contributed by atoms with E-state index in [4.69, 9.17) is 10.5 Å². The molecule has 0 saturated heterocycles. The smallest absolute Gasteiger partial charge is 0.330 e. The summed E-state index contributed by atoms with van der Waals surface area (Å²) in [5.41, 5.74) is 5.40. The third-order valence-electron chi connectivity index (χ3n) is 4.16. The number of aromatic nitrogens is 2. The van der Waals surface area contributed by atoms with Gasteiger partial charge in [-0.3, -0.25) is 19.1 Å². The molecule has 1 aromatic carbocycles. The molecule has 0 radical (unpaired) electrons. The van der Waals surface area contributed by atoms with E-state index in [1.165, 1.54) is 17.7 Å². The first-order valence-corrected chi connectivity index (χ1v) is 8.62. The van der Waals surface area contributed by atoms with E-state index in [9.17, 15) is 14.4 Å². The van der Waals surface area contributed by atoms with Crippen LogP contribution in [-0.4, -0.2) is 29.6 Å². The Labute approximate surface area is 156 Å². The highest BCUT2D eigenvalue weighted by molar-refractivity contribution is 6.04. The Morgan fingerprint density at radius 1 is 1.33 bits per heavy atom. The van der Waals surface area contributed by atoms with Crippen molar-refractivity contribution < 1.29 is 9.53 Å². The van der Waals surface area contributed by atoms with Crippen molar-refractivity contribution >= 4 is 23.5 Å². The zero-order valence-electron chi connectivity index (χ0n) is 15.7. The second-order valence-electron chi connectivity index (χ2n) is 5.97. The molecule has 0 saturated carbocycles. The number of para-hydroxylation sites is 1. The average molecular weight is 372 g/mol. The maximum atomic E-state index is 12.5. The quantitative estimate of drug-likeness (QED) is 0.717. The number of H-pyrrole nitrogens is 1. The lowest BCUT2D eigenvalue weighted by Crippen LogP contribution is -2.38. The number of hydrogen-bond acceptors (Lipinski definition) is 5. The number of anilines is 2. The van der Waals surface area contributed by atoms with Gasteiger partial charge in [0.15, 0.2) is 5.69 Å². The summed E-state index contributed by atoms with van der Waals surface area (Å²) in [6.45, 7) is 2.34. The lowest BCUT2D eigenvalue weighted by molar-refractivity contribution is -0.113. The van der Waals surface area contributed by atoms with Gasteiger partial charge in [0.1, 0.15) is 11.6 Å². The number of ether oxygens (including phenoxy) is 1. The zero-order chi connectivity index (χ0) is 20.0. The molecule has 1 heterocycles. The summed E-state index contributed by atoms with van der Waals surface area (Å²) >= 11 is 0. The summed E-state index contributed by atoms with van der Waals surface area (Å²) < 4.78 is 6.51. The Balaban J connectivity index is 2.35. The fourth-order valence-electron chi connectivity index (χ4n) is 2.63. The molecule has 1 amide bonds. The molecule has 27 heavy (non-hydrogen) atoms. The average Bonchev–Trinajstić information content (AvgIpc) is 2.65. The number of aromatic amines is 1. The monoisotopic (exact) mass is 372 g/mol. The molecule has 0 fully saturated rings. The highest BCUT2D eigenvalue weighted by Crippen LogP contribution is 2.20. The van der Waals surface area contributed by atoms with Crippen LogP contribution in [0.25, 0.3) is 6.08 Å². The van der Waals surface area contributed by atoms with Crippen LogP contribution < -0.4 is 26.6 Å². The second kappa shape index (κ2) is 8.88. The Morgan fingerprint density at radius 2 is 2.04 bits per heavy atom. The zero-order valence-corrected chi connectivity index (χ0v) is 15.7. The Kier molecular flexibility index (Phi) is 6.59. The third-order valence-corrected chi connectivity index (χ3v) is 4.16. The van der Waals surface area contributed by atoms with Gasteiger partial charge in [0.25, 0.3) is 11.5 Å². The van der Waals surface area contributed by atoms with Crippen LogP contribution in [-0.2, 0) is 11.3 Å². The summed E-state index contributed by atoms with van der Waals surface area (Å²) in [7, 11) is 2.98. The molecule has 0 aliphatic carbocycles. The van der Waals surface area contributed by atoms with E-state index >= 15 is 0 Å². The van der Waals surface area contributed by atoms with Crippen LogP contribution in [0.3, 0.4) is 0 Å². The molecule has 1 aromatic heterocycles. The minimum absolute atomic E-state index is 0.0289. The number of nitrogens with zero attached hydrogens (tertiary/aromatic N) is 2. The normalized spacial score (nSPS) is 10.9. The molecule has 8 heteroatoms. The van der Waals surface area contributed by atoms with E-state index in [0.717, 1.165) is 23.3 Å². The number of methoxy groups -OCH3 is 1. The minimum atomic E-state index is -0.702. The number of rotatable bonds is 7. The number of carbonyl (C=O) groups is 1. The van der Waals surface area contributed by atoms with Crippen molar-refractivity contribution in [2.75, 3.05) is 24.8 Å². The second-order valence-corrected chi connectivity index (χ2v) is 5.97. The van der Waals surface area contributed by atoms with Gasteiger partial charge < -0.3 is 15.4 Å². The first-order chi connectivity index (χ1) is 12.9. The highest BCUT2D eigenvalue weighted by atomic mass is 16.5. The summed E-state index contributed by atoms with van der Waals surface area (Å²) in [6, 6.07) is 7.22. The number of nitrogens with two attached hydrogens (primary N) is 1. The van der Waals surface area contributed by atoms with Crippen molar-refractivity contribution in [3.05, 3.63) is 56.7 Å². The molecule has 0 bridgehead atoms. The van der Waals surface area contributed by atoms with Crippen LogP contribution in [0, 0.1) is 0 Å². The van der Waals surface area contributed by atoms with Crippen molar-refractivity contribution in [3.63, 3.8) is 0 Å². The summed E-state index contributed by atoms with van der Waals surface area (Å²) in [6.07, 6.45) is 4.49. The molecule has 0 aliphatic heterocycles. The van der Waals surface area contributed by atoms with Gasteiger partial charge in [-0.15, -0.1) is 0 Å². The van der Waals surface area contributed by atoms with Crippen molar-refractivity contribution in [2.24, 2.45) is 0 Å². The van der Waals surface area contributed by atoms with E-state index in [1.807, 2.05) is 19.1 Å². The molecule has 3 N–H and O–H groups in total. The number of likely N-dealkylation sites (N-methyl/N-ethyl adjacent to an activating group) is 1. The first-order valence-electron chi connectivity index (χ1n) is 8.62. The molecular formula is C19H24N4O4. The van der Waals surface area contributed by atoms with Gasteiger partial charge >= 0.3 is 5.69 Å². The molecule has 0 unspecified atom stereocenters. The predicted octanol–water partition coefficient (Wildman–Crippen LogP) is 1.60. The standard InChI is InChI=1S/C19H24N4O4/c1-4-5-12-23-17(20)16(18(25)21-19(23)26)22(2)15(24)11-10-13-8-6-7-9-14(13)27-3/h6-11H,4-5,12,20H2,1-3H3,(H,21,25,26)/b11-10+. The molecule has 2 rings (SSSR count). The van der Waals surface area contributed by atoms with E-state index in [-0.39, 0.29) is 11.5 Å². The Bertz CT molecular complexity index is 959. The van der Waals surface area contributed by atoms with Gasteiger partial charge in [-0.1, -0.05) is 31.5 Å². The van der Waals surface area contributed by atoms with Crippen LogP contribution in [0.15, 0.2) is 39.9 Å². The van der Waals surface area contributed by atoms with Crippen LogP contribution in [0.4, 0.5) is 11.5 Å². The molecular weight excluding hydrogens is 348 g/mol. The van der Waals surface area contributed by atoms with Crippen LogP contribution >= 0.6 is 0 Å². The van der Waals surface area contributed by atoms with E-state index in [0.29, 0.717) is 12.3 Å². The van der Waals surface area contributed by atoms with E-state index < -0.39 is 17.2 Å². The van der Waals surface area contributed by atoms with Crippen molar-refractivity contribution in [2.45, 2.75) is 26.3 Å². The molecule has 0 aliphatic rings. The van der Waals surface area contributed by atoms with Crippen LogP contribution in [0.2, 0.25) is 0 Å². The van der Waals surface area contributed by atoms with Crippen LogP contribution in [0.1, 0.15) is 25.3 Å². The maximum absolute atomic E-state index is 12.5. The highest BCUT2D eigenvalue weighted by Gasteiger charge is 2.19. The van der Waals surface area contributed by atoms with Crippen molar-refractivity contribution in [3.8, 4) is 5.75 Å². The summed E-state index contributed by atoms with van der Waals surface area (Å²) in [4.78, 5) is 40.1. The van der Waals surface area contributed by atoms with Gasteiger partial charge in [0.05, 0.1) is 7.11 Å². The van der Waals surface area contributed by atoms with Gasteiger partial charge in [-0.25, -0.2) is 4.79 Å². The fourth-order valence-corrected chi connectivity index (χ4v) is 2.63. The number of amides is 1. The van der Waals surface area contributed by atoms with E-state index in [2.05, 4.69) is 4.98 Å². The largest absolute Gasteiger partial charge is 0.496 e. The predicted molar refractivity (Wildman–Crippen MR) is 106 cm³/mol. The topological polar surface area (TPSA) is 110 Å². The summed E-state index contributed by atoms with van der Waals surface area (Å²) in [5, 5.41) is 0. The number of nitrogens with one attached hydrogen (secondary N) is 1. The minimum Gasteiger partial charge on any atom is -0.496 e. The number of hydrogen-bond donors (Lipinski definition) is 2. The Morgan fingerprint density at radius 3 is 2.70 bits per heavy atom. The van der Waals surface area contributed by atoms with Gasteiger partial charge in [-0.2, -0.15) is 0 Å². The summed E-state index contributed by atoms with van der Waals surface area (Å²) in [5.74, 6) is 0.132. The molecule has 8 nitrogen and oxygen atoms in total. The van der Waals surface area contributed by atoms with Gasteiger partial charge in [-0.05, 0) is 18.6 Å². The first kappa shape index (κ1) is 20.0. The van der Waals surface area contributed by atoms with Crippen molar-refractivity contribution in [1.82, 2.24) is 9.55 Å². The van der Waals surface area contributed by atoms with Crippen molar-refractivity contribution in [1.29, 1.82) is 0 Å². The van der Waals surface area contributed by atoms with Crippen LogP contribution in [0.5, 0.6) is 5.75 Å². The SMILES string of the molecule is CCCCn1c(N)c(N(C)C(=O)/C=C/c2ccccc2OC)c(=O)[nH]c1=O. The number of benzene rings is 1. The number of carbonyl (C=O) groups excluding carboxylic acids is 1. The lowest BCUT2D eigenvalue weighted by atomic mass is 10.2. The molecule has 2 aromatic rings. The van der Waals surface area contributed by atoms with E-state index in [1.54, 1.807) is 25.3 Å². The number of nitrogen functional groups attached to an aromatic ring is 1. The van der Waals surface area contributed by atoms with Gasteiger partial charge in [0, 0.05) is 25.2 Å². The maximum Gasteiger partial charge on any atom is 0.330 e. The lowest BCUT2D eigenvalue weighted by Gasteiger charge is -2.19. The Hall–Kier alpha value is -3.29. The fraction of sp³-hybridized carbons (Fsp3) is 0.316.